The van der Waals surface area contributed by atoms with Crippen LogP contribution in [0.25, 0.3) is 0 Å². The van der Waals surface area contributed by atoms with Crippen LogP contribution in [0.4, 0.5) is 0 Å². The first-order valence-electron chi connectivity index (χ1n) is 11.9. The van der Waals surface area contributed by atoms with Crippen LogP contribution in [0.3, 0.4) is 0 Å². The van der Waals surface area contributed by atoms with Gasteiger partial charge < -0.3 is 18.9 Å². The van der Waals surface area contributed by atoms with Crippen molar-refractivity contribution in [1.29, 1.82) is 0 Å². The molecule has 38 heavy (non-hydrogen) atoms. The summed E-state index contributed by atoms with van der Waals surface area (Å²) in [6, 6.07) is 17.9. The number of benzene rings is 2. The van der Waals surface area contributed by atoms with Gasteiger partial charge in [0.2, 0.25) is 6.29 Å². The Kier molecular flexibility index (Phi) is 10.6. The zero-order valence-corrected chi connectivity index (χ0v) is 22.4. The molecule has 0 radical (unpaired) electrons. The fourth-order valence-corrected chi connectivity index (χ4v) is 4.97. The molecule has 0 saturated carbocycles. The first-order valence-corrected chi connectivity index (χ1v) is 13.3. The van der Waals surface area contributed by atoms with E-state index in [-0.39, 0.29) is 13.2 Å². The lowest BCUT2D eigenvalue weighted by molar-refractivity contribution is -0.284. The molecule has 2 aromatic carbocycles. The Labute approximate surface area is 220 Å². The topological polar surface area (TPSA) is 133 Å². The number of hydrogen-bond acceptors (Lipinski definition) is 11. The normalized spacial score (nSPS) is 23.3. The van der Waals surface area contributed by atoms with Gasteiger partial charge in [-0.2, -0.15) is 0 Å². The molecule has 1 fully saturated rings. The fourth-order valence-electron chi connectivity index (χ4n) is 3.74. The first-order chi connectivity index (χ1) is 18.1. The third-order valence-electron chi connectivity index (χ3n) is 5.33. The highest BCUT2D eigenvalue weighted by Crippen LogP contribution is 2.53. The van der Waals surface area contributed by atoms with Gasteiger partial charge in [0, 0.05) is 20.8 Å². The van der Waals surface area contributed by atoms with Gasteiger partial charge in [0.15, 0.2) is 18.3 Å². The van der Waals surface area contributed by atoms with Gasteiger partial charge in [-0.1, -0.05) is 60.7 Å². The maximum atomic E-state index is 13.9. The molecule has 5 atom stereocenters. The first kappa shape index (κ1) is 29.5. The standard InChI is InChI=1S/C26H31O11P/c1-17-23(34-18(2)27)24(35-19(3)28)25(36-20(4)29)26(33-17)37-38(30,31-15-21-11-7-5-8-12-21)32-16-22-13-9-6-10-14-22/h5-14,17,23-26H,15-16H2,1-4H3. The van der Waals surface area contributed by atoms with Crippen molar-refractivity contribution in [3.05, 3.63) is 71.8 Å². The monoisotopic (exact) mass is 550 g/mol. The maximum Gasteiger partial charge on any atom is 0.477 e. The van der Waals surface area contributed by atoms with Crippen molar-refractivity contribution in [3.63, 3.8) is 0 Å². The van der Waals surface area contributed by atoms with Gasteiger partial charge in [0.05, 0.1) is 19.3 Å². The van der Waals surface area contributed by atoms with Crippen molar-refractivity contribution in [1.82, 2.24) is 0 Å². The molecule has 1 heterocycles. The van der Waals surface area contributed by atoms with E-state index in [1.807, 2.05) is 12.1 Å². The average molecular weight is 550 g/mol. The molecule has 5 unspecified atom stereocenters. The molecule has 3 rings (SSSR count). The summed E-state index contributed by atoms with van der Waals surface area (Å²) in [6.45, 7) is 4.71. The molecule has 1 saturated heterocycles. The predicted octanol–water partition coefficient (Wildman–Crippen LogP) is 4.08. The van der Waals surface area contributed by atoms with Crippen molar-refractivity contribution in [2.75, 3.05) is 0 Å². The summed E-state index contributed by atoms with van der Waals surface area (Å²) in [5.74, 6) is -2.18. The van der Waals surface area contributed by atoms with Crippen LogP contribution in [-0.2, 0) is 64.7 Å². The van der Waals surface area contributed by atoms with Gasteiger partial charge in [0.1, 0.15) is 0 Å². The molecular weight excluding hydrogens is 519 g/mol. The molecule has 2 aromatic rings. The van der Waals surface area contributed by atoms with Crippen LogP contribution in [0, 0.1) is 0 Å². The summed E-state index contributed by atoms with van der Waals surface area (Å²) < 4.78 is 52.7. The number of carbonyl (C=O) groups excluding carboxylic acids is 3. The molecule has 0 aliphatic carbocycles. The maximum absolute atomic E-state index is 13.9. The highest BCUT2D eigenvalue weighted by molar-refractivity contribution is 7.48. The zero-order valence-electron chi connectivity index (χ0n) is 21.5. The van der Waals surface area contributed by atoms with Gasteiger partial charge in [-0.05, 0) is 18.1 Å². The summed E-state index contributed by atoms with van der Waals surface area (Å²) in [7, 11) is -4.40. The second-order valence-corrected chi connectivity index (χ2v) is 10.1. The summed E-state index contributed by atoms with van der Waals surface area (Å²) in [6.07, 6.45) is -6.42. The second-order valence-electron chi connectivity index (χ2n) is 8.50. The number of phosphoric ester groups is 1. The van der Waals surface area contributed by atoms with Crippen molar-refractivity contribution >= 4 is 25.7 Å². The van der Waals surface area contributed by atoms with Crippen molar-refractivity contribution in [2.45, 2.75) is 71.6 Å². The molecule has 1 aliphatic heterocycles. The fraction of sp³-hybridized carbons (Fsp3) is 0.423. The largest absolute Gasteiger partial charge is 0.477 e. The molecule has 0 amide bonds. The number of phosphoric acid groups is 1. The quantitative estimate of drug-likeness (QED) is 0.228. The van der Waals surface area contributed by atoms with E-state index in [0.717, 1.165) is 13.8 Å². The third kappa shape index (κ3) is 8.75. The van der Waals surface area contributed by atoms with Crippen LogP contribution in [0.2, 0.25) is 0 Å². The number of ether oxygens (including phenoxy) is 4. The second kappa shape index (κ2) is 13.6. The minimum absolute atomic E-state index is 0.128. The van der Waals surface area contributed by atoms with Crippen LogP contribution >= 0.6 is 7.82 Å². The number of carbonyl (C=O) groups is 3. The molecule has 1 aliphatic rings. The SMILES string of the molecule is CC(=O)OC1C(C)OC(OP(=O)(OCc2ccccc2)OCc2ccccc2)C(OC(C)=O)C1OC(C)=O. The molecule has 0 bridgehead atoms. The number of rotatable bonds is 11. The third-order valence-corrected chi connectivity index (χ3v) is 6.69. The average Bonchev–Trinajstić information content (AvgIpc) is 2.87. The molecule has 0 N–H and O–H groups in total. The molecule has 0 spiro atoms. The Morgan fingerprint density at radius 1 is 0.711 bits per heavy atom. The van der Waals surface area contributed by atoms with E-state index >= 15 is 0 Å². The lowest BCUT2D eigenvalue weighted by Crippen LogP contribution is -2.61. The van der Waals surface area contributed by atoms with E-state index < -0.39 is 56.4 Å². The molecule has 11 nitrogen and oxygen atoms in total. The Morgan fingerprint density at radius 3 is 1.58 bits per heavy atom. The predicted molar refractivity (Wildman–Crippen MR) is 132 cm³/mol. The minimum atomic E-state index is -4.40. The van der Waals surface area contributed by atoms with E-state index in [1.165, 1.54) is 13.8 Å². The zero-order chi connectivity index (χ0) is 27.7. The Hall–Kier alpha value is -3.08. The van der Waals surface area contributed by atoms with Gasteiger partial charge >= 0.3 is 25.7 Å². The van der Waals surface area contributed by atoms with Crippen LogP contribution in [0.5, 0.6) is 0 Å². The summed E-state index contributed by atoms with van der Waals surface area (Å²) in [5, 5.41) is 0. The number of hydrogen-bond donors (Lipinski definition) is 0. The van der Waals surface area contributed by atoms with Gasteiger partial charge in [-0.25, -0.2) is 4.57 Å². The molecule has 0 aromatic heterocycles. The van der Waals surface area contributed by atoms with E-state index in [1.54, 1.807) is 48.5 Å². The van der Waals surface area contributed by atoms with Crippen LogP contribution in [0.1, 0.15) is 38.8 Å². The van der Waals surface area contributed by atoms with E-state index in [2.05, 4.69) is 0 Å². The van der Waals surface area contributed by atoms with Gasteiger partial charge in [-0.15, -0.1) is 0 Å². The van der Waals surface area contributed by atoms with Crippen LogP contribution < -0.4 is 0 Å². The highest BCUT2D eigenvalue weighted by Gasteiger charge is 2.53. The van der Waals surface area contributed by atoms with Crippen molar-refractivity contribution in [2.24, 2.45) is 0 Å². The van der Waals surface area contributed by atoms with Crippen LogP contribution in [0.15, 0.2) is 60.7 Å². The molecule has 206 valence electrons. The van der Waals surface area contributed by atoms with E-state index in [0.29, 0.717) is 11.1 Å². The smallest absolute Gasteiger partial charge is 0.456 e. The summed E-state index contributed by atoms with van der Waals surface area (Å²) in [4.78, 5) is 35.6. The Morgan fingerprint density at radius 2 is 1.13 bits per heavy atom. The van der Waals surface area contributed by atoms with E-state index in [4.69, 9.17) is 32.5 Å². The lowest BCUT2D eigenvalue weighted by atomic mass is 9.99. The summed E-state index contributed by atoms with van der Waals surface area (Å²) >= 11 is 0. The van der Waals surface area contributed by atoms with Gasteiger partial charge in [0.25, 0.3) is 0 Å². The summed E-state index contributed by atoms with van der Waals surface area (Å²) in [5.41, 5.74) is 1.39. The number of esters is 3. The highest BCUT2D eigenvalue weighted by atomic mass is 31.2. The van der Waals surface area contributed by atoms with E-state index in [9.17, 15) is 18.9 Å². The van der Waals surface area contributed by atoms with Gasteiger partial charge in [-0.3, -0.25) is 28.0 Å². The van der Waals surface area contributed by atoms with Crippen molar-refractivity contribution in [3.8, 4) is 0 Å². The minimum Gasteiger partial charge on any atom is -0.456 e. The molecule has 12 heteroatoms. The Bertz CT molecular complexity index is 1080. The lowest BCUT2D eigenvalue weighted by Gasteiger charge is -2.43. The Balaban J connectivity index is 1.90. The van der Waals surface area contributed by atoms with Crippen molar-refractivity contribution < 1.29 is 51.5 Å². The molecular formula is C26H31O11P. The van der Waals surface area contributed by atoms with Crippen LogP contribution in [-0.4, -0.2) is 48.6 Å².